The average Bonchev–Trinajstić information content (AvgIpc) is 1.88. The van der Waals surface area contributed by atoms with E-state index in [0.29, 0.717) is 12.0 Å². The van der Waals surface area contributed by atoms with Gasteiger partial charge >= 0.3 is 29.6 Å². The first-order chi connectivity index (χ1) is 4.33. The molecule has 10 heavy (non-hydrogen) atoms. The number of benzene rings is 1. The fourth-order valence-corrected chi connectivity index (χ4v) is 1.38. The van der Waals surface area contributed by atoms with Crippen LogP contribution in [0.15, 0.2) is 33.6 Å². The van der Waals surface area contributed by atoms with E-state index in [9.17, 15) is 4.55 Å². The smallest absolute Gasteiger partial charge is 0.795 e. The number of hydrogen-bond acceptors (Lipinski definition) is 2. The van der Waals surface area contributed by atoms with Crippen molar-refractivity contribution in [3.8, 4) is 0 Å². The molecule has 0 aliphatic rings. The third-order valence-electron chi connectivity index (χ3n) is 0.892. The van der Waals surface area contributed by atoms with E-state index in [4.69, 9.17) is 0 Å². The average molecular weight is 227 g/mol. The summed E-state index contributed by atoms with van der Waals surface area (Å²) in [6.45, 7) is 0. The Morgan fingerprint density at radius 3 is 2.50 bits per heavy atom. The van der Waals surface area contributed by atoms with Gasteiger partial charge in [0.05, 0.1) is 0 Å². The Morgan fingerprint density at radius 1 is 1.40 bits per heavy atom. The molecule has 1 rings (SSSR count). The maximum absolute atomic E-state index is 10.2. The molecule has 0 heterocycles. The summed E-state index contributed by atoms with van der Waals surface area (Å²) in [5.41, 5.74) is 0. The van der Waals surface area contributed by atoms with Crippen LogP contribution in [-0.2, 0) is 0 Å². The first-order valence-electron chi connectivity index (χ1n) is 2.38. The molecule has 0 bridgehead atoms. The number of rotatable bonds is 1. The van der Waals surface area contributed by atoms with Gasteiger partial charge < -0.3 is 4.55 Å². The fourth-order valence-electron chi connectivity index (χ4n) is 0.519. The molecule has 0 aliphatic carbocycles. The van der Waals surface area contributed by atoms with E-state index in [1.165, 1.54) is 0 Å². The molecule has 4 heteroatoms. The van der Waals surface area contributed by atoms with Crippen molar-refractivity contribution >= 4 is 28.0 Å². The van der Waals surface area contributed by atoms with Crippen LogP contribution in [0.25, 0.3) is 0 Å². The molecular formula is C6H4BrNaOS. The van der Waals surface area contributed by atoms with Gasteiger partial charge in [0, 0.05) is 4.47 Å². The SMILES string of the molecule is [Na+].[O-]Sc1cccc(Br)c1. The number of hydrogen-bond donors (Lipinski definition) is 0. The van der Waals surface area contributed by atoms with Crippen LogP contribution in [0.1, 0.15) is 0 Å². The monoisotopic (exact) mass is 226 g/mol. The number of halogens is 1. The van der Waals surface area contributed by atoms with E-state index < -0.39 is 0 Å². The van der Waals surface area contributed by atoms with E-state index in [2.05, 4.69) is 15.9 Å². The van der Waals surface area contributed by atoms with Gasteiger partial charge in [0.1, 0.15) is 0 Å². The molecule has 1 nitrogen and oxygen atoms in total. The quantitative estimate of drug-likeness (QED) is 0.484. The predicted molar refractivity (Wildman–Crippen MR) is 40.8 cm³/mol. The summed E-state index contributed by atoms with van der Waals surface area (Å²) >= 11 is 3.75. The van der Waals surface area contributed by atoms with Crippen LogP contribution < -0.4 is 29.6 Å². The van der Waals surface area contributed by atoms with Crippen molar-refractivity contribution in [2.24, 2.45) is 0 Å². The fraction of sp³-hybridized carbons (Fsp3) is 0. The topological polar surface area (TPSA) is 23.1 Å². The molecule has 0 saturated carbocycles. The third kappa shape index (κ3) is 3.42. The molecule has 0 fully saturated rings. The molecule has 0 aromatic heterocycles. The van der Waals surface area contributed by atoms with Crippen molar-refractivity contribution in [3.05, 3.63) is 28.7 Å². The Kier molecular flexibility index (Phi) is 6.20. The summed E-state index contributed by atoms with van der Waals surface area (Å²) in [5, 5.41) is 0. The van der Waals surface area contributed by atoms with E-state index in [0.717, 1.165) is 9.37 Å². The standard InChI is InChI=1S/C6H5BrOS.Na/c7-5-2-1-3-6(4-5)9-8;/h1-4,8H;/q;+1/p-1. The molecule has 0 N–H and O–H groups in total. The summed E-state index contributed by atoms with van der Waals surface area (Å²) in [6.07, 6.45) is 0. The zero-order valence-corrected chi connectivity index (χ0v) is 9.91. The largest absolute Gasteiger partial charge is 1.00 e. The van der Waals surface area contributed by atoms with Crippen molar-refractivity contribution < 1.29 is 34.1 Å². The Balaban J connectivity index is 0.000000810. The molecule has 0 unspecified atom stereocenters. The van der Waals surface area contributed by atoms with Gasteiger partial charge in [-0.2, -0.15) is 0 Å². The minimum Gasteiger partial charge on any atom is -0.795 e. The van der Waals surface area contributed by atoms with Crippen molar-refractivity contribution in [2.75, 3.05) is 0 Å². The van der Waals surface area contributed by atoms with Gasteiger partial charge in [-0.25, -0.2) is 12.0 Å². The zero-order valence-electron chi connectivity index (χ0n) is 5.50. The maximum Gasteiger partial charge on any atom is 1.00 e. The van der Waals surface area contributed by atoms with E-state index >= 15 is 0 Å². The summed E-state index contributed by atoms with van der Waals surface area (Å²) in [7, 11) is 0. The van der Waals surface area contributed by atoms with Gasteiger partial charge in [0.25, 0.3) is 0 Å². The van der Waals surface area contributed by atoms with Crippen LogP contribution in [0.3, 0.4) is 0 Å². The van der Waals surface area contributed by atoms with Crippen LogP contribution in [-0.4, -0.2) is 4.55 Å². The normalized spacial score (nSPS) is 8.60. The summed E-state index contributed by atoms with van der Waals surface area (Å²) in [6, 6.07) is 7.30. The van der Waals surface area contributed by atoms with Gasteiger partial charge in [-0.1, -0.05) is 22.0 Å². The molecule has 0 radical (unpaired) electrons. The predicted octanol–water partition coefficient (Wildman–Crippen LogP) is -0.324. The van der Waals surface area contributed by atoms with Gasteiger partial charge in [0.15, 0.2) is 0 Å². The van der Waals surface area contributed by atoms with Crippen LogP contribution in [0.4, 0.5) is 0 Å². The second kappa shape index (κ2) is 5.63. The molecule has 0 atom stereocenters. The van der Waals surface area contributed by atoms with Gasteiger partial charge in [-0.15, -0.1) is 0 Å². The summed E-state index contributed by atoms with van der Waals surface area (Å²) < 4.78 is 11.1. The maximum atomic E-state index is 10.2. The van der Waals surface area contributed by atoms with Gasteiger partial charge in [-0.3, -0.25) is 0 Å². The van der Waals surface area contributed by atoms with Crippen molar-refractivity contribution in [1.29, 1.82) is 0 Å². The summed E-state index contributed by atoms with van der Waals surface area (Å²) in [5.74, 6) is 0. The van der Waals surface area contributed by atoms with Crippen molar-refractivity contribution in [3.63, 3.8) is 0 Å². The van der Waals surface area contributed by atoms with E-state index in [-0.39, 0.29) is 29.6 Å². The molecule has 0 saturated heterocycles. The molecule has 1 aromatic rings. The molecule has 0 spiro atoms. The molecule has 1 aromatic carbocycles. The molecule has 0 amide bonds. The molecule has 48 valence electrons. The Morgan fingerprint density at radius 2 is 2.10 bits per heavy atom. The minimum absolute atomic E-state index is 0. The second-order valence-electron chi connectivity index (χ2n) is 1.54. The summed E-state index contributed by atoms with van der Waals surface area (Å²) in [4.78, 5) is 0.740. The van der Waals surface area contributed by atoms with Gasteiger partial charge in [-0.05, 0) is 23.1 Å². The third-order valence-corrected chi connectivity index (χ3v) is 1.83. The van der Waals surface area contributed by atoms with Crippen LogP contribution in [0.2, 0.25) is 0 Å². The molecular weight excluding hydrogens is 223 g/mol. The van der Waals surface area contributed by atoms with Crippen molar-refractivity contribution in [2.45, 2.75) is 4.90 Å². The van der Waals surface area contributed by atoms with Crippen LogP contribution >= 0.6 is 28.0 Å². The van der Waals surface area contributed by atoms with Crippen molar-refractivity contribution in [1.82, 2.24) is 0 Å². The first-order valence-corrected chi connectivity index (χ1v) is 3.92. The van der Waals surface area contributed by atoms with E-state index in [1.807, 2.05) is 12.1 Å². The van der Waals surface area contributed by atoms with E-state index in [1.54, 1.807) is 12.1 Å². The Bertz CT molecular complexity index is 207. The first kappa shape index (κ1) is 11.0. The van der Waals surface area contributed by atoms with Crippen LogP contribution in [0, 0.1) is 0 Å². The second-order valence-corrected chi connectivity index (χ2v) is 3.09. The van der Waals surface area contributed by atoms with Crippen LogP contribution in [0.5, 0.6) is 0 Å². The zero-order chi connectivity index (χ0) is 6.69. The minimum atomic E-state index is 0. The molecule has 0 aliphatic heterocycles. The Labute approximate surface area is 94.8 Å². The Hall–Kier alpha value is 1.01. The van der Waals surface area contributed by atoms with Gasteiger partial charge in [0.2, 0.25) is 0 Å².